The molecule has 182 valence electrons. The van der Waals surface area contributed by atoms with E-state index in [1.165, 1.54) is 32.4 Å². The summed E-state index contributed by atoms with van der Waals surface area (Å²) in [6, 6.07) is 9.25. The summed E-state index contributed by atoms with van der Waals surface area (Å²) in [5.41, 5.74) is 1.28. The normalized spacial score (nSPS) is 16.6. The van der Waals surface area contributed by atoms with Gasteiger partial charge in [0.25, 0.3) is 5.91 Å². The van der Waals surface area contributed by atoms with E-state index in [-0.39, 0.29) is 28.2 Å². The molecule has 1 aliphatic heterocycles. The summed E-state index contributed by atoms with van der Waals surface area (Å²) < 4.78 is 39.4. The Morgan fingerprint density at radius 2 is 1.74 bits per heavy atom. The standard InChI is InChI=1S/C24H29N3O6S/c1-32-20-12-9-16(14-22(20)34(30,31)26-17-6-3-4-7-17)24(29)25-18-10-11-19(21(15-18)33-2)27-13-5-8-23(27)28/h9-12,14-15,17,26H,3-8,13H2,1-2H3,(H,25,29). The van der Waals surface area contributed by atoms with Gasteiger partial charge in [0.15, 0.2) is 0 Å². The SMILES string of the molecule is COc1cc(NC(=O)c2ccc(OC)c(S(=O)(=O)NC3CCCC3)c2)ccc1N1CCCC1=O. The molecule has 2 aromatic rings. The molecule has 0 bridgehead atoms. The molecule has 2 amide bonds. The summed E-state index contributed by atoms with van der Waals surface area (Å²) in [5.74, 6) is 0.190. The third-order valence-electron chi connectivity index (χ3n) is 6.19. The Morgan fingerprint density at radius 1 is 1.00 bits per heavy atom. The first kappa shape index (κ1) is 24.0. The second-order valence-corrected chi connectivity index (χ2v) is 10.1. The number of rotatable bonds is 8. The van der Waals surface area contributed by atoms with Crippen LogP contribution in [-0.4, -0.2) is 47.0 Å². The molecule has 1 saturated carbocycles. The van der Waals surface area contributed by atoms with Gasteiger partial charge in [-0.3, -0.25) is 9.59 Å². The van der Waals surface area contributed by atoms with Crippen LogP contribution in [0.1, 0.15) is 48.9 Å². The molecule has 9 nitrogen and oxygen atoms in total. The van der Waals surface area contributed by atoms with Crippen LogP contribution in [-0.2, 0) is 14.8 Å². The van der Waals surface area contributed by atoms with Crippen LogP contribution >= 0.6 is 0 Å². The largest absolute Gasteiger partial charge is 0.495 e. The van der Waals surface area contributed by atoms with Gasteiger partial charge in [0.05, 0.1) is 19.9 Å². The summed E-state index contributed by atoms with van der Waals surface area (Å²) in [7, 11) is -0.964. The van der Waals surface area contributed by atoms with Crippen molar-refractivity contribution in [1.29, 1.82) is 0 Å². The third-order valence-corrected chi connectivity index (χ3v) is 7.74. The molecule has 0 unspecified atom stereocenters. The summed E-state index contributed by atoms with van der Waals surface area (Å²) in [6.45, 7) is 0.624. The third kappa shape index (κ3) is 5.02. The Morgan fingerprint density at radius 3 is 2.38 bits per heavy atom. The van der Waals surface area contributed by atoms with Crippen molar-refractivity contribution in [3.8, 4) is 11.5 Å². The van der Waals surface area contributed by atoms with Crippen LogP contribution in [0, 0.1) is 0 Å². The number of nitrogens with zero attached hydrogens (tertiary/aromatic N) is 1. The number of carbonyl (C=O) groups excluding carboxylic acids is 2. The minimum absolute atomic E-state index is 0.0354. The van der Waals surface area contributed by atoms with Crippen LogP contribution in [0.25, 0.3) is 0 Å². The average molecular weight is 488 g/mol. The molecule has 2 aliphatic rings. The lowest BCUT2D eigenvalue weighted by molar-refractivity contribution is -0.117. The Bertz CT molecular complexity index is 1190. The van der Waals surface area contributed by atoms with Crippen LogP contribution in [0.5, 0.6) is 11.5 Å². The highest BCUT2D eigenvalue weighted by Crippen LogP contribution is 2.34. The highest BCUT2D eigenvalue weighted by Gasteiger charge is 2.27. The molecule has 1 aliphatic carbocycles. The van der Waals surface area contributed by atoms with Crippen LogP contribution in [0.2, 0.25) is 0 Å². The molecule has 1 heterocycles. The second kappa shape index (κ2) is 10.0. The van der Waals surface area contributed by atoms with E-state index in [4.69, 9.17) is 9.47 Å². The molecule has 0 aromatic heterocycles. The molecule has 0 spiro atoms. The van der Waals surface area contributed by atoms with Gasteiger partial charge in [-0.2, -0.15) is 0 Å². The van der Waals surface area contributed by atoms with Gasteiger partial charge in [0.2, 0.25) is 15.9 Å². The molecule has 34 heavy (non-hydrogen) atoms. The highest BCUT2D eigenvalue weighted by molar-refractivity contribution is 7.89. The number of ether oxygens (including phenoxy) is 2. The Hall–Kier alpha value is -3.11. The molecule has 10 heteroatoms. The summed E-state index contributed by atoms with van der Waals surface area (Å²) in [6.07, 6.45) is 4.85. The van der Waals surface area contributed by atoms with Gasteiger partial charge >= 0.3 is 0 Å². The first-order chi connectivity index (χ1) is 16.3. The van der Waals surface area contributed by atoms with Crippen molar-refractivity contribution < 1.29 is 27.5 Å². The maximum Gasteiger partial charge on any atom is 0.255 e. The monoisotopic (exact) mass is 487 g/mol. The smallest absolute Gasteiger partial charge is 0.255 e. The lowest BCUT2D eigenvalue weighted by Gasteiger charge is -2.20. The lowest BCUT2D eigenvalue weighted by atomic mass is 10.2. The second-order valence-electron chi connectivity index (χ2n) is 8.46. The fraction of sp³-hybridized carbons (Fsp3) is 0.417. The van der Waals surface area contributed by atoms with E-state index in [0.29, 0.717) is 30.1 Å². The topological polar surface area (TPSA) is 114 Å². The maximum atomic E-state index is 13.0. The van der Waals surface area contributed by atoms with Crippen molar-refractivity contribution in [3.05, 3.63) is 42.0 Å². The molecule has 2 N–H and O–H groups in total. The Labute approximate surface area is 199 Å². The molecule has 1 saturated heterocycles. The fourth-order valence-electron chi connectivity index (χ4n) is 4.44. The lowest BCUT2D eigenvalue weighted by Crippen LogP contribution is -2.33. The van der Waals surface area contributed by atoms with E-state index in [1.807, 2.05) is 0 Å². The van der Waals surface area contributed by atoms with Crippen molar-refractivity contribution >= 4 is 33.2 Å². The van der Waals surface area contributed by atoms with E-state index in [9.17, 15) is 18.0 Å². The van der Waals surface area contributed by atoms with Crippen LogP contribution < -0.4 is 24.4 Å². The van der Waals surface area contributed by atoms with E-state index in [1.54, 1.807) is 23.1 Å². The predicted octanol–water partition coefficient (Wildman–Crippen LogP) is 3.30. The number of methoxy groups -OCH3 is 2. The summed E-state index contributed by atoms with van der Waals surface area (Å²) >= 11 is 0. The number of amides is 2. The molecule has 0 atom stereocenters. The highest BCUT2D eigenvalue weighted by atomic mass is 32.2. The van der Waals surface area contributed by atoms with Crippen molar-refractivity contribution in [2.75, 3.05) is 31.0 Å². The Kier molecular flexibility index (Phi) is 7.08. The number of sulfonamides is 1. The number of benzene rings is 2. The number of hydrogen-bond acceptors (Lipinski definition) is 6. The molecule has 0 radical (unpaired) electrons. The van der Waals surface area contributed by atoms with Gasteiger partial charge in [-0.1, -0.05) is 12.8 Å². The van der Waals surface area contributed by atoms with Crippen LogP contribution in [0.3, 0.4) is 0 Å². The number of hydrogen-bond donors (Lipinski definition) is 2. The van der Waals surface area contributed by atoms with Crippen molar-refractivity contribution in [1.82, 2.24) is 4.72 Å². The summed E-state index contributed by atoms with van der Waals surface area (Å²) in [5, 5.41) is 2.77. The number of nitrogens with one attached hydrogen (secondary N) is 2. The van der Waals surface area contributed by atoms with Gasteiger partial charge in [-0.05, 0) is 49.6 Å². The average Bonchev–Trinajstić information content (AvgIpc) is 3.49. The van der Waals surface area contributed by atoms with E-state index < -0.39 is 15.9 Å². The van der Waals surface area contributed by atoms with Crippen LogP contribution in [0.15, 0.2) is 41.3 Å². The number of anilines is 2. The van der Waals surface area contributed by atoms with Gasteiger partial charge in [0, 0.05) is 36.3 Å². The van der Waals surface area contributed by atoms with Crippen molar-refractivity contribution in [3.63, 3.8) is 0 Å². The van der Waals surface area contributed by atoms with Crippen molar-refractivity contribution in [2.24, 2.45) is 0 Å². The zero-order valence-electron chi connectivity index (χ0n) is 19.3. The van der Waals surface area contributed by atoms with Crippen molar-refractivity contribution in [2.45, 2.75) is 49.5 Å². The minimum atomic E-state index is -3.86. The minimum Gasteiger partial charge on any atom is -0.495 e. The quantitative estimate of drug-likeness (QED) is 0.591. The maximum absolute atomic E-state index is 13.0. The van der Waals surface area contributed by atoms with E-state index in [2.05, 4.69) is 10.0 Å². The number of carbonyl (C=O) groups is 2. The Balaban J connectivity index is 1.56. The van der Waals surface area contributed by atoms with Gasteiger partial charge in [-0.25, -0.2) is 13.1 Å². The predicted molar refractivity (Wildman–Crippen MR) is 128 cm³/mol. The molecule has 2 fully saturated rings. The van der Waals surface area contributed by atoms with E-state index in [0.717, 1.165) is 32.1 Å². The first-order valence-electron chi connectivity index (χ1n) is 11.3. The molecular formula is C24H29N3O6S. The van der Waals surface area contributed by atoms with Gasteiger partial charge < -0.3 is 19.7 Å². The summed E-state index contributed by atoms with van der Waals surface area (Å²) in [4.78, 5) is 26.7. The van der Waals surface area contributed by atoms with Gasteiger partial charge in [0.1, 0.15) is 16.4 Å². The molecular weight excluding hydrogens is 458 g/mol. The fourth-order valence-corrected chi connectivity index (χ4v) is 5.94. The van der Waals surface area contributed by atoms with E-state index >= 15 is 0 Å². The first-order valence-corrected chi connectivity index (χ1v) is 12.8. The van der Waals surface area contributed by atoms with Crippen LogP contribution in [0.4, 0.5) is 11.4 Å². The zero-order valence-corrected chi connectivity index (χ0v) is 20.1. The molecule has 4 rings (SSSR count). The molecule has 2 aromatic carbocycles. The zero-order chi connectivity index (χ0) is 24.3. The van der Waals surface area contributed by atoms with Gasteiger partial charge in [-0.15, -0.1) is 0 Å².